The van der Waals surface area contributed by atoms with E-state index in [2.05, 4.69) is 14.9 Å². The van der Waals surface area contributed by atoms with Crippen LogP contribution in [-0.4, -0.2) is 61.3 Å². The predicted molar refractivity (Wildman–Crippen MR) is 63.9 cm³/mol. The number of hydrogen-bond donors (Lipinski definition) is 3. The molecule has 1 atom stereocenters. The Morgan fingerprint density at radius 3 is 2.72 bits per heavy atom. The van der Waals surface area contributed by atoms with E-state index < -0.39 is 21.0 Å². The third-order valence-corrected chi connectivity index (χ3v) is 3.95. The molecule has 0 bridgehead atoms. The lowest BCUT2D eigenvalue weighted by molar-refractivity contribution is 0.0692. The van der Waals surface area contributed by atoms with Crippen LogP contribution < -0.4 is 4.72 Å². The number of carbonyl (C=O) groups is 1. The summed E-state index contributed by atoms with van der Waals surface area (Å²) < 4.78 is 26.1. The fourth-order valence-corrected chi connectivity index (χ4v) is 2.32. The zero-order chi connectivity index (χ0) is 13.9. The summed E-state index contributed by atoms with van der Waals surface area (Å²) in [6.07, 6.45) is 0.965. The van der Waals surface area contributed by atoms with Gasteiger partial charge in [-0.2, -0.15) is 5.10 Å². The van der Waals surface area contributed by atoms with Crippen molar-refractivity contribution in [2.45, 2.75) is 18.0 Å². The molecule has 8 nitrogen and oxygen atoms in total. The first kappa shape index (κ1) is 14.6. The van der Waals surface area contributed by atoms with Gasteiger partial charge in [-0.1, -0.05) is 0 Å². The van der Waals surface area contributed by atoms with Crippen molar-refractivity contribution in [2.75, 3.05) is 20.6 Å². The maximum atomic E-state index is 11.9. The molecule has 0 aliphatic carbocycles. The van der Waals surface area contributed by atoms with E-state index in [0.29, 0.717) is 0 Å². The Bertz CT molecular complexity index is 522. The molecule has 1 heterocycles. The summed E-state index contributed by atoms with van der Waals surface area (Å²) in [7, 11) is -0.262. The van der Waals surface area contributed by atoms with Gasteiger partial charge in [0.25, 0.3) is 10.0 Å². The van der Waals surface area contributed by atoms with Crippen LogP contribution in [0.5, 0.6) is 0 Å². The van der Waals surface area contributed by atoms with E-state index in [1.807, 2.05) is 25.9 Å². The number of H-pyrrole nitrogens is 1. The molecule has 9 heteroatoms. The number of hydrogen-bond acceptors (Lipinski definition) is 5. The second-order valence-electron chi connectivity index (χ2n) is 4.08. The van der Waals surface area contributed by atoms with Gasteiger partial charge in [0, 0.05) is 12.6 Å². The third-order valence-electron chi connectivity index (χ3n) is 2.55. The number of aromatic amines is 1. The summed E-state index contributed by atoms with van der Waals surface area (Å²) in [6, 6.07) is -0.0176. The van der Waals surface area contributed by atoms with Crippen LogP contribution in [0.1, 0.15) is 17.3 Å². The van der Waals surface area contributed by atoms with Crippen LogP contribution in [0.2, 0.25) is 0 Å². The quantitative estimate of drug-likeness (QED) is 0.635. The lowest BCUT2D eigenvalue weighted by Crippen LogP contribution is -2.38. The smallest absolute Gasteiger partial charge is 0.340 e. The number of carboxylic acids is 1. The zero-order valence-electron chi connectivity index (χ0n) is 10.3. The van der Waals surface area contributed by atoms with Gasteiger partial charge in [0.2, 0.25) is 0 Å². The molecular formula is C9H16N4O4S. The van der Waals surface area contributed by atoms with Crippen molar-refractivity contribution < 1.29 is 18.3 Å². The van der Waals surface area contributed by atoms with E-state index in [0.717, 1.165) is 6.20 Å². The Balaban J connectivity index is 2.87. The number of nitrogens with one attached hydrogen (secondary N) is 2. The van der Waals surface area contributed by atoms with Gasteiger partial charge in [0.1, 0.15) is 5.56 Å². The van der Waals surface area contributed by atoms with Crippen LogP contribution in [0.4, 0.5) is 0 Å². The van der Waals surface area contributed by atoms with Crippen molar-refractivity contribution in [3.63, 3.8) is 0 Å². The van der Waals surface area contributed by atoms with Crippen LogP contribution >= 0.6 is 0 Å². The van der Waals surface area contributed by atoms with Crippen molar-refractivity contribution >= 4 is 16.0 Å². The van der Waals surface area contributed by atoms with Crippen LogP contribution in [0, 0.1) is 0 Å². The van der Waals surface area contributed by atoms with Crippen molar-refractivity contribution in [1.82, 2.24) is 19.8 Å². The molecule has 0 aliphatic heterocycles. The molecule has 1 aromatic rings. The van der Waals surface area contributed by atoms with E-state index >= 15 is 0 Å². The SMILES string of the molecule is CC(CNS(=O)(=O)c1[nH]ncc1C(=O)O)N(C)C. The molecule has 0 saturated carbocycles. The van der Waals surface area contributed by atoms with E-state index in [9.17, 15) is 13.2 Å². The lowest BCUT2D eigenvalue weighted by Gasteiger charge is -2.19. The Labute approximate surface area is 105 Å². The van der Waals surface area contributed by atoms with Crippen molar-refractivity contribution in [3.8, 4) is 0 Å². The summed E-state index contributed by atoms with van der Waals surface area (Å²) in [4.78, 5) is 12.7. The van der Waals surface area contributed by atoms with Gasteiger partial charge in [-0.05, 0) is 21.0 Å². The first-order chi connectivity index (χ1) is 8.25. The summed E-state index contributed by atoms with van der Waals surface area (Å²) in [5.41, 5.74) is -0.375. The molecule has 102 valence electrons. The van der Waals surface area contributed by atoms with Gasteiger partial charge in [0.05, 0.1) is 6.20 Å². The molecule has 1 unspecified atom stereocenters. The number of aromatic carboxylic acids is 1. The van der Waals surface area contributed by atoms with Crippen LogP contribution in [0.3, 0.4) is 0 Å². The Morgan fingerprint density at radius 1 is 1.61 bits per heavy atom. The molecule has 0 amide bonds. The van der Waals surface area contributed by atoms with Crippen LogP contribution in [0.15, 0.2) is 11.2 Å². The molecule has 0 saturated heterocycles. The molecule has 0 radical (unpaired) electrons. The highest BCUT2D eigenvalue weighted by molar-refractivity contribution is 7.89. The van der Waals surface area contributed by atoms with Gasteiger partial charge < -0.3 is 10.0 Å². The molecule has 18 heavy (non-hydrogen) atoms. The second kappa shape index (κ2) is 5.46. The lowest BCUT2D eigenvalue weighted by atomic mass is 10.3. The highest BCUT2D eigenvalue weighted by Crippen LogP contribution is 2.11. The van der Waals surface area contributed by atoms with Gasteiger partial charge >= 0.3 is 5.97 Å². The molecule has 0 aromatic carbocycles. The molecule has 1 aromatic heterocycles. The van der Waals surface area contributed by atoms with Crippen molar-refractivity contribution in [1.29, 1.82) is 0 Å². The highest BCUT2D eigenvalue weighted by Gasteiger charge is 2.25. The van der Waals surface area contributed by atoms with E-state index in [4.69, 9.17) is 5.11 Å². The predicted octanol–water partition coefficient (Wildman–Crippen LogP) is -0.664. The molecule has 0 aliphatic rings. The van der Waals surface area contributed by atoms with Crippen molar-refractivity contribution in [3.05, 3.63) is 11.8 Å². The maximum absolute atomic E-state index is 11.9. The fourth-order valence-electron chi connectivity index (χ4n) is 1.12. The molecule has 1 rings (SSSR count). The van der Waals surface area contributed by atoms with E-state index in [1.165, 1.54) is 0 Å². The highest BCUT2D eigenvalue weighted by atomic mass is 32.2. The topological polar surface area (TPSA) is 115 Å². The minimum Gasteiger partial charge on any atom is -0.478 e. The van der Waals surface area contributed by atoms with Crippen molar-refractivity contribution in [2.24, 2.45) is 0 Å². The summed E-state index contributed by atoms with van der Waals surface area (Å²) in [5, 5.41) is 14.0. The summed E-state index contributed by atoms with van der Waals surface area (Å²) >= 11 is 0. The summed E-state index contributed by atoms with van der Waals surface area (Å²) in [5.74, 6) is -1.34. The first-order valence-corrected chi connectivity index (χ1v) is 6.66. The van der Waals surface area contributed by atoms with Gasteiger partial charge in [-0.3, -0.25) is 5.10 Å². The first-order valence-electron chi connectivity index (χ1n) is 5.18. The van der Waals surface area contributed by atoms with Crippen LogP contribution in [-0.2, 0) is 10.0 Å². The number of rotatable bonds is 6. The molecular weight excluding hydrogens is 260 g/mol. The Hall–Kier alpha value is -1.45. The van der Waals surface area contributed by atoms with Crippen LogP contribution in [0.25, 0.3) is 0 Å². The minimum absolute atomic E-state index is 0.0176. The number of nitrogens with zero attached hydrogens (tertiary/aromatic N) is 2. The number of aromatic nitrogens is 2. The van der Waals surface area contributed by atoms with E-state index in [1.54, 1.807) is 0 Å². The maximum Gasteiger partial charge on any atom is 0.340 e. The fraction of sp³-hybridized carbons (Fsp3) is 0.556. The Kier molecular flexibility index (Phi) is 4.43. The normalized spacial score (nSPS) is 13.8. The Morgan fingerprint density at radius 2 is 2.22 bits per heavy atom. The molecule has 0 fully saturated rings. The second-order valence-corrected chi connectivity index (χ2v) is 5.79. The summed E-state index contributed by atoms with van der Waals surface area (Å²) in [6.45, 7) is 2.01. The zero-order valence-corrected chi connectivity index (χ0v) is 11.2. The van der Waals surface area contributed by atoms with Gasteiger partial charge in [-0.25, -0.2) is 17.9 Å². The minimum atomic E-state index is -3.90. The largest absolute Gasteiger partial charge is 0.478 e. The number of carboxylic acid groups (broad SMARTS) is 1. The standard InChI is InChI=1S/C9H16N4O4S/c1-6(13(2)3)4-11-18(16,17)8-7(9(14)15)5-10-12-8/h5-6,11H,4H2,1-3H3,(H,10,12)(H,14,15). The average Bonchev–Trinajstić information content (AvgIpc) is 2.75. The monoisotopic (exact) mass is 276 g/mol. The third kappa shape index (κ3) is 3.28. The van der Waals surface area contributed by atoms with Gasteiger partial charge in [-0.15, -0.1) is 0 Å². The van der Waals surface area contributed by atoms with Gasteiger partial charge in [0.15, 0.2) is 5.03 Å². The molecule has 3 N–H and O–H groups in total. The van der Waals surface area contributed by atoms with E-state index in [-0.39, 0.29) is 18.2 Å². The average molecular weight is 276 g/mol. The number of sulfonamides is 1. The molecule has 0 spiro atoms. The number of likely N-dealkylation sites (N-methyl/N-ethyl adjacent to an activating group) is 1.